The van der Waals surface area contributed by atoms with Crippen LogP contribution >= 0.6 is 0 Å². The first-order chi connectivity index (χ1) is 9.77. The second-order valence-corrected chi connectivity index (χ2v) is 7.46. The van der Waals surface area contributed by atoms with Crippen LogP contribution in [-0.4, -0.2) is 47.1 Å². The Labute approximate surface area is 127 Å². The Morgan fingerprint density at radius 1 is 1.48 bits per heavy atom. The maximum Gasteiger partial charge on any atom is 0.225 e. The number of rotatable bonds is 7. The molecule has 2 N–H and O–H groups in total. The van der Waals surface area contributed by atoms with Gasteiger partial charge in [0.05, 0.1) is 11.5 Å². The number of carbonyl (C=O) groups excluding carboxylic acids is 2. The van der Waals surface area contributed by atoms with Gasteiger partial charge in [0, 0.05) is 26.1 Å². The third-order valence-electron chi connectivity index (χ3n) is 4.25. The molecule has 2 fully saturated rings. The van der Waals surface area contributed by atoms with E-state index < -0.39 is 5.60 Å². The summed E-state index contributed by atoms with van der Waals surface area (Å²) < 4.78 is 0. The van der Waals surface area contributed by atoms with E-state index in [1.54, 1.807) is 6.92 Å². The fraction of sp³-hybridized carbons (Fsp3) is 0.875. The molecule has 0 spiro atoms. The Kier molecular flexibility index (Phi) is 4.91. The van der Waals surface area contributed by atoms with Crippen LogP contribution in [0.5, 0.6) is 0 Å². The fourth-order valence-corrected chi connectivity index (χ4v) is 3.11. The zero-order valence-electron chi connectivity index (χ0n) is 13.4. The van der Waals surface area contributed by atoms with Gasteiger partial charge in [-0.15, -0.1) is 0 Å². The first-order valence-electron chi connectivity index (χ1n) is 8.04. The minimum absolute atomic E-state index is 0.0935. The van der Waals surface area contributed by atoms with E-state index in [2.05, 4.69) is 5.32 Å². The number of nitrogens with zero attached hydrogens (tertiary/aromatic N) is 1. The molecule has 2 atom stereocenters. The van der Waals surface area contributed by atoms with Gasteiger partial charge in [0.15, 0.2) is 0 Å². The third kappa shape index (κ3) is 4.99. The molecule has 5 nitrogen and oxygen atoms in total. The summed E-state index contributed by atoms with van der Waals surface area (Å²) in [6, 6.07) is 0. The quantitative estimate of drug-likeness (QED) is 0.740. The summed E-state index contributed by atoms with van der Waals surface area (Å²) >= 11 is 0. The van der Waals surface area contributed by atoms with E-state index in [-0.39, 0.29) is 24.3 Å². The Bertz CT molecular complexity index is 402. The molecule has 21 heavy (non-hydrogen) atoms. The summed E-state index contributed by atoms with van der Waals surface area (Å²) in [6.07, 6.45) is 3.37. The summed E-state index contributed by atoms with van der Waals surface area (Å²) in [5.74, 6) is 0.759. The zero-order chi connectivity index (χ0) is 15.6. The van der Waals surface area contributed by atoms with Gasteiger partial charge in [-0.25, -0.2) is 0 Å². The molecule has 0 aromatic heterocycles. The molecule has 0 radical (unpaired) electrons. The fourth-order valence-electron chi connectivity index (χ4n) is 3.11. The van der Waals surface area contributed by atoms with Crippen LogP contribution in [0.4, 0.5) is 0 Å². The van der Waals surface area contributed by atoms with Crippen LogP contribution in [0.2, 0.25) is 0 Å². The van der Waals surface area contributed by atoms with Crippen LogP contribution < -0.4 is 5.32 Å². The maximum atomic E-state index is 12.2. The van der Waals surface area contributed by atoms with Crippen LogP contribution in [-0.2, 0) is 9.59 Å². The lowest BCUT2D eigenvalue weighted by Gasteiger charge is -2.26. The molecule has 0 bridgehead atoms. The average molecular weight is 296 g/mol. The predicted molar refractivity (Wildman–Crippen MR) is 80.5 cm³/mol. The highest BCUT2D eigenvalue weighted by Crippen LogP contribution is 2.32. The van der Waals surface area contributed by atoms with Gasteiger partial charge >= 0.3 is 0 Å². The predicted octanol–water partition coefficient (Wildman–Crippen LogP) is 1.16. The van der Waals surface area contributed by atoms with Crippen LogP contribution in [0, 0.1) is 17.8 Å². The van der Waals surface area contributed by atoms with Crippen molar-refractivity contribution in [2.24, 2.45) is 17.8 Å². The largest absolute Gasteiger partial charge is 0.388 e. The second kappa shape index (κ2) is 6.34. The highest BCUT2D eigenvalue weighted by atomic mass is 16.3. The van der Waals surface area contributed by atoms with Crippen molar-refractivity contribution in [1.29, 1.82) is 0 Å². The zero-order valence-corrected chi connectivity index (χ0v) is 13.4. The number of nitrogens with one attached hydrogen (secondary N) is 1. The average Bonchev–Trinajstić information content (AvgIpc) is 3.09. The molecule has 2 amide bonds. The van der Waals surface area contributed by atoms with Gasteiger partial charge in [-0.2, -0.15) is 0 Å². The number of amides is 2. The van der Waals surface area contributed by atoms with Crippen molar-refractivity contribution in [3.05, 3.63) is 0 Å². The molecule has 2 aliphatic rings. The molecular weight excluding hydrogens is 268 g/mol. The van der Waals surface area contributed by atoms with Gasteiger partial charge in [0.1, 0.15) is 0 Å². The molecule has 1 heterocycles. The Hall–Kier alpha value is -1.10. The van der Waals surface area contributed by atoms with Crippen LogP contribution in [0.15, 0.2) is 0 Å². The van der Waals surface area contributed by atoms with Gasteiger partial charge in [-0.05, 0) is 38.0 Å². The van der Waals surface area contributed by atoms with E-state index in [0.29, 0.717) is 31.2 Å². The number of hydrogen-bond acceptors (Lipinski definition) is 3. The van der Waals surface area contributed by atoms with Crippen molar-refractivity contribution in [1.82, 2.24) is 10.2 Å². The van der Waals surface area contributed by atoms with Gasteiger partial charge < -0.3 is 15.3 Å². The van der Waals surface area contributed by atoms with Crippen molar-refractivity contribution in [3.8, 4) is 0 Å². The lowest BCUT2D eigenvalue weighted by atomic mass is 9.94. The smallest absolute Gasteiger partial charge is 0.225 e. The van der Waals surface area contributed by atoms with Crippen molar-refractivity contribution in [2.75, 3.05) is 19.6 Å². The molecule has 1 saturated heterocycles. The molecule has 1 aliphatic heterocycles. The molecule has 1 saturated carbocycles. The van der Waals surface area contributed by atoms with Crippen LogP contribution in [0.25, 0.3) is 0 Å². The number of aliphatic hydroxyl groups is 1. The van der Waals surface area contributed by atoms with E-state index in [1.165, 1.54) is 12.8 Å². The van der Waals surface area contributed by atoms with Crippen molar-refractivity contribution in [2.45, 2.75) is 52.1 Å². The van der Waals surface area contributed by atoms with E-state index in [0.717, 1.165) is 6.54 Å². The standard InChI is InChI=1S/C16H28N2O3/c1-11(2)7-16(3,21)10-17-15(20)13-6-14(19)18(9-13)8-12-4-5-12/h11-13,21H,4-10H2,1-3H3,(H,17,20). The van der Waals surface area contributed by atoms with E-state index in [1.807, 2.05) is 18.7 Å². The molecule has 0 aromatic carbocycles. The normalized spacial score (nSPS) is 25.3. The van der Waals surface area contributed by atoms with E-state index in [9.17, 15) is 14.7 Å². The van der Waals surface area contributed by atoms with Gasteiger partial charge in [-0.1, -0.05) is 13.8 Å². The minimum Gasteiger partial charge on any atom is -0.388 e. The topological polar surface area (TPSA) is 69.6 Å². The molecule has 120 valence electrons. The maximum absolute atomic E-state index is 12.2. The SMILES string of the molecule is CC(C)CC(C)(O)CNC(=O)C1CC(=O)N(CC2CC2)C1. The van der Waals surface area contributed by atoms with Crippen molar-refractivity contribution in [3.63, 3.8) is 0 Å². The highest BCUT2D eigenvalue weighted by Gasteiger charge is 2.37. The Balaban J connectivity index is 1.77. The lowest BCUT2D eigenvalue weighted by molar-refractivity contribution is -0.129. The summed E-state index contributed by atoms with van der Waals surface area (Å²) in [4.78, 5) is 25.9. The van der Waals surface area contributed by atoms with Crippen molar-refractivity contribution >= 4 is 11.8 Å². The van der Waals surface area contributed by atoms with Gasteiger partial charge in [0.25, 0.3) is 0 Å². The summed E-state index contributed by atoms with van der Waals surface area (Å²) in [6.45, 7) is 7.42. The summed E-state index contributed by atoms with van der Waals surface area (Å²) in [5.41, 5.74) is -0.889. The van der Waals surface area contributed by atoms with E-state index >= 15 is 0 Å². The molecule has 0 aromatic rings. The minimum atomic E-state index is -0.889. The second-order valence-electron chi connectivity index (χ2n) is 7.46. The number of likely N-dealkylation sites (tertiary alicyclic amines) is 1. The lowest BCUT2D eigenvalue weighted by Crippen LogP contribution is -2.44. The van der Waals surface area contributed by atoms with Gasteiger partial charge in [0.2, 0.25) is 11.8 Å². The summed E-state index contributed by atoms with van der Waals surface area (Å²) in [5, 5.41) is 13.0. The molecule has 2 rings (SSSR count). The van der Waals surface area contributed by atoms with Crippen LogP contribution in [0.3, 0.4) is 0 Å². The highest BCUT2D eigenvalue weighted by molar-refractivity contribution is 5.89. The third-order valence-corrected chi connectivity index (χ3v) is 4.25. The van der Waals surface area contributed by atoms with E-state index in [4.69, 9.17) is 0 Å². The Morgan fingerprint density at radius 3 is 2.71 bits per heavy atom. The van der Waals surface area contributed by atoms with Crippen molar-refractivity contribution < 1.29 is 14.7 Å². The first kappa shape index (κ1) is 16.3. The van der Waals surface area contributed by atoms with Gasteiger partial charge in [-0.3, -0.25) is 9.59 Å². The summed E-state index contributed by atoms with van der Waals surface area (Å²) in [7, 11) is 0. The molecular formula is C16H28N2O3. The molecule has 5 heteroatoms. The Morgan fingerprint density at radius 2 is 2.14 bits per heavy atom. The molecule has 1 aliphatic carbocycles. The number of carbonyl (C=O) groups is 2. The first-order valence-corrected chi connectivity index (χ1v) is 8.04. The number of hydrogen-bond donors (Lipinski definition) is 2. The monoisotopic (exact) mass is 296 g/mol. The molecule has 2 unspecified atom stereocenters. The van der Waals surface area contributed by atoms with Crippen LogP contribution in [0.1, 0.15) is 46.5 Å².